The van der Waals surface area contributed by atoms with E-state index < -0.39 is 0 Å². The summed E-state index contributed by atoms with van der Waals surface area (Å²) in [6, 6.07) is 3.53. The van der Waals surface area contributed by atoms with Gasteiger partial charge in [0.25, 0.3) is 0 Å². The molecule has 0 spiro atoms. The number of nitrogens with one attached hydrogen (secondary N) is 1. The molecule has 0 radical (unpaired) electrons. The van der Waals surface area contributed by atoms with Crippen molar-refractivity contribution < 1.29 is 23.8 Å². The van der Waals surface area contributed by atoms with Crippen molar-refractivity contribution in [1.29, 1.82) is 0 Å². The van der Waals surface area contributed by atoms with Gasteiger partial charge in [0.1, 0.15) is 0 Å². The fourth-order valence-electron chi connectivity index (χ4n) is 4.07. The van der Waals surface area contributed by atoms with Crippen LogP contribution in [0.3, 0.4) is 0 Å². The predicted molar refractivity (Wildman–Crippen MR) is 116 cm³/mol. The standard InChI is InChI=1S/C22H30N4O5/c1-13-22(14(2)25(3)24-13)23-20(27)12-26-8-7-15-9-18(29-4)19(30-5)10-16(15)17(26)11-21(28)31-6/h9-10,17H,7-8,11-12H2,1-6H3,(H,23,27). The number of anilines is 1. The van der Waals surface area contributed by atoms with Gasteiger partial charge in [-0.05, 0) is 43.5 Å². The molecule has 0 bridgehead atoms. The first kappa shape index (κ1) is 22.6. The highest BCUT2D eigenvalue weighted by molar-refractivity contribution is 5.93. The molecule has 1 N–H and O–H groups in total. The quantitative estimate of drug-likeness (QED) is 0.673. The monoisotopic (exact) mass is 430 g/mol. The minimum atomic E-state index is -0.336. The molecule has 1 amide bonds. The van der Waals surface area contributed by atoms with Gasteiger partial charge in [0.2, 0.25) is 5.91 Å². The van der Waals surface area contributed by atoms with Crippen LogP contribution in [0.15, 0.2) is 12.1 Å². The average Bonchev–Trinajstić information content (AvgIpc) is 2.99. The Hall–Kier alpha value is -3.07. The molecular weight excluding hydrogens is 400 g/mol. The summed E-state index contributed by atoms with van der Waals surface area (Å²) in [6.45, 7) is 4.54. The summed E-state index contributed by atoms with van der Waals surface area (Å²) < 4.78 is 17.5. The number of hydrogen-bond donors (Lipinski definition) is 1. The van der Waals surface area contributed by atoms with E-state index in [4.69, 9.17) is 14.2 Å². The molecule has 1 aromatic carbocycles. The molecule has 2 heterocycles. The number of carbonyl (C=O) groups excluding carboxylic acids is 2. The first-order chi connectivity index (χ1) is 14.8. The number of ether oxygens (including phenoxy) is 3. The highest BCUT2D eigenvalue weighted by Crippen LogP contribution is 2.39. The normalized spacial score (nSPS) is 15.9. The van der Waals surface area contributed by atoms with Crippen molar-refractivity contribution in [3.63, 3.8) is 0 Å². The van der Waals surface area contributed by atoms with Gasteiger partial charge in [0.05, 0.1) is 51.4 Å². The number of hydrogen-bond acceptors (Lipinski definition) is 7. The number of methoxy groups -OCH3 is 3. The van der Waals surface area contributed by atoms with Crippen molar-refractivity contribution in [1.82, 2.24) is 14.7 Å². The Labute approximate surface area is 182 Å². The molecule has 0 saturated heterocycles. The van der Waals surface area contributed by atoms with Gasteiger partial charge < -0.3 is 19.5 Å². The highest BCUT2D eigenvalue weighted by Gasteiger charge is 2.32. The Bertz CT molecular complexity index is 985. The second-order valence-corrected chi connectivity index (χ2v) is 7.64. The Morgan fingerprint density at radius 3 is 2.42 bits per heavy atom. The lowest BCUT2D eigenvalue weighted by atomic mass is 9.90. The fourth-order valence-corrected chi connectivity index (χ4v) is 4.07. The van der Waals surface area contributed by atoms with Crippen molar-refractivity contribution in [2.45, 2.75) is 32.7 Å². The van der Waals surface area contributed by atoms with Crippen LogP contribution in [-0.4, -0.2) is 61.0 Å². The zero-order valence-electron chi connectivity index (χ0n) is 18.9. The van der Waals surface area contributed by atoms with Crippen molar-refractivity contribution in [3.05, 3.63) is 34.6 Å². The molecule has 1 aliphatic rings. The van der Waals surface area contributed by atoms with Crippen molar-refractivity contribution in [2.24, 2.45) is 7.05 Å². The first-order valence-corrected chi connectivity index (χ1v) is 10.1. The van der Waals surface area contributed by atoms with Gasteiger partial charge in [-0.25, -0.2) is 0 Å². The number of carbonyl (C=O) groups is 2. The number of amides is 1. The Kier molecular flexibility index (Phi) is 6.84. The number of nitrogens with zero attached hydrogens (tertiary/aromatic N) is 3. The molecule has 1 unspecified atom stereocenters. The second kappa shape index (κ2) is 9.38. The molecule has 2 aromatic rings. The van der Waals surface area contributed by atoms with Crippen LogP contribution in [0.25, 0.3) is 0 Å². The predicted octanol–water partition coefficient (Wildman–Crippen LogP) is 2.16. The average molecular weight is 431 g/mol. The molecule has 0 fully saturated rings. The van der Waals surface area contributed by atoms with Gasteiger partial charge in [-0.1, -0.05) is 0 Å². The smallest absolute Gasteiger partial charge is 0.307 e. The van der Waals surface area contributed by atoms with Gasteiger partial charge in [-0.2, -0.15) is 5.10 Å². The summed E-state index contributed by atoms with van der Waals surface area (Å²) in [5, 5.41) is 7.32. The van der Waals surface area contributed by atoms with E-state index >= 15 is 0 Å². The van der Waals surface area contributed by atoms with Crippen LogP contribution in [0.4, 0.5) is 5.69 Å². The summed E-state index contributed by atoms with van der Waals surface area (Å²) in [5.74, 6) is 0.741. The van der Waals surface area contributed by atoms with Crippen LogP contribution in [0.1, 0.15) is 35.0 Å². The van der Waals surface area contributed by atoms with Gasteiger partial charge in [0.15, 0.2) is 11.5 Å². The lowest BCUT2D eigenvalue weighted by Gasteiger charge is -2.36. The molecule has 168 valence electrons. The number of fused-ring (bicyclic) bond motifs is 1. The van der Waals surface area contributed by atoms with E-state index in [1.54, 1.807) is 18.9 Å². The van der Waals surface area contributed by atoms with Crippen molar-refractivity contribution in [3.8, 4) is 11.5 Å². The van der Waals surface area contributed by atoms with Gasteiger partial charge >= 0.3 is 5.97 Å². The molecular formula is C22H30N4O5. The molecule has 1 atom stereocenters. The van der Waals surface area contributed by atoms with E-state index in [0.29, 0.717) is 18.0 Å². The van der Waals surface area contributed by atoms with Crippen LogP contribution < -0.4 is 14.8 Å². The summed E-state index contributed by atoms with van der Waals surface area (Å²) in [4.78, 5) is 27.0. The third kappa shape index (κ3) is 4.66. The number of benzene rings is 1. The second-order valence-electron chi connectivity index (χ2n) is 7.64. The largest absolute Gasteiger partial charge is 0.493 e. The maximum atomic E-state index is 12.9. The van der Waals surface area contributed by atoms with E-state index in [1.807, 2.05) is 37.9 Å². The Morgan fingerprint density at radius 2 is 1.84 bits per heavy atom. The Morgan fingerprint density at radius 1 is 1.16 bits per heavy atom. The van der Waals surface area contributed by atoms with E-state index in [1.165, 1.54) is 7.11 Å². The van der Waals surface area contributed by atoms with Crippen LogP contribution >= 0.6 is 0 Å². The molecule has 0 saturated carbocycles. The first-order valence-electron chi connectivity index (χ1n) is 10.1. The topological polar surface area (TPSA) is 94.9 Å². The number of esters is 1. The molecule has 3 rings (SSSR count). The van der Waals surface area contributed by atoms with E-state index in [2.05, 4.69) is 10.4 Å². The molecule has 9 heteroatoms. The number of aromatic nitrogens is 2. The van der Waals surface area contributed by atoms with Crippen LogP contribution in [-0.2, 0) is 27.8 Å². The van der Waals surface area contributed by atoms with Crippen LogP contribution in [0.5, 0.6) is 11.5 Å². The third-order valence-corrected chi connectivity index (χ3v) is 5.82. The molecule has 1 aromatic heterocycles. The van der Waals surface area contributed by atoms with Gasteiger partial charge in [0, 0.05) is 19.6 Å². The third-order valence-electron chi connectivity index (χ3n) is 5.82. The van der Waals surface area contributed by atoms with Gasteiger partial charge in [-0.15, -0.1) is 0 Å². The zero-order chi connectivity index (χ0) is 22.7. The van der Waals surface area contributed by atoms with Crippen LogP contribution in [0.2, 0.25) is 0 Å². The fraction of sp³-hybridized carbons (Fsp3) is 0.500. The summed E-state index contributed by atoms with van der Waals surface area (Å²) in [7, 11) is 6.38. The van der Waals surface area contributed by atoms with E-state index in [-0.39, 0.29) is 30.9 Å². The molecule has 0 aliphatic carbocycles. The van der Waals surface area contributed by atoms with Crippen molar-refractivity contribution >= 4 is 17.6 Å². The minimum Gasteiger partial charge on any atom is -0.493 e. The summed E-state index contributed by atoms with van der Waals surface area (Å²) in [6.07, 6.45) is 0.864. The van der Waals surface area contributed by atoms with Gasteiger partial charge in [-0.3, -0.25) is 19.2 Å². The SMILES string of the molecule is COC(=O)CC1c2cc(OC)c(OC)cc2CCN1CC(=O)Nc1c(C)nn(C)c1C. The lowest BCUT2D eigenvalue weighted by molar-refractivity contribution is -0.142. The number of aryl methyl sites for hydroxylation is 2. The minimum absolute atomic E-state index is 0.136. The molecule has 31 heavy (non-hydrogen) atoms. The molecule has 1 aliphatic heterocycles. The van der Waals surface area contributed by atoms with E-state index in [0.717, 1.165) is 34.6 Å². The van der Waals surface area contributed by atoms with E-state index in [9.17, 15) is 9.59 Å². The zero-order valence-corrected chi connectivity index (χ0v) is 18.9. The van der Waals surface area contributed by atoms with Crippen molar-refractivity contribution in [2.75, 3.05) is 39.7 Å². The maximum Gasteiger partial charge on any atom is 0.307 e. The summed E-state index contributed by atoms with van der Waals surface area (Å²) >= 11 is 0. The van der Waals surface area contributed by atoms with Crippen LogP contribution in [0, 0.1) is 13.8 Å². The Balaban J connectivity index is 1.87. The maximum absolute atomic E-state index is 12.9. The number of rotatable bonds is 7. The highest BCUT2D eigenvalue weighted by atomic mass is 16.5. The molecule has 9 nitrogen and oxygen atoms in total. The lowest BCUT2D eigenvalue weighted by Crippen LogP contribution is -2.41. The summed E-state index contributed by atoms with van der Waals surface area (Å²) in [5.41, 5.74) is 4.39.